The number of nitrogens with one attached hydrogen (secondary N) is 2. The molecular formula is C39H58N2O8. The van der Waals surface area contributed by atoms with Crippen LogP contribution >= 0.6 is 0 Å². The third-order valence-electron chi connectivity index (χ3n) is 16.2. The van der Waals surface area contributed by atoms with Crippen molar-refractivity contribution in [2.75, 3.05) is 26.7 Å². The second kappa shape index (κ2) is 11.4. The monoisotopic (exact) mass is 682 g/mol. The summed E-state index contributed by atoms with van der Waals surface area (Å²) in [7, 11) is 1.90. The highest BCUT2D eigenvalue weighted by molar-refractivity contribution is 5.88. The minimum atomic E-state index is -2.09. The number of hydrogen-bond acceptors (Lipinski definition) is 10. The van der Waals surface area contributed by atoms with Crippen LogP contribution in [-0.4, -0.2) is 99.1 Å². The van der Waals surface area contributed by atoms with E-state index in [1.165, 1.54) is 0 Å². The van der Waals surface area contributed by atoms with E-state index in [2.05, 4.69) is 30.6 Å². The van der Waals surface area contributed by atoms with Gasteiger partial charge in [-0.05, 0) is 112 Å². The first kappa shape index (κ1) is 34.4. The number of ether oxygens (including phenoxy) is 1. The fraction of sp³-hybridized carbons (Fsp3) is 0.846. The predicted octanol–water partition coefficient (Wildman–Crippen LogP) is 2.16. The third-order valence-corrected chi connectivity index (χ3v) is 16.2. The van der Waals surface area contributed by atoms with E-state index in [-0.39, 0.29) is 42.5 Å². The third kappa shape index (κ3) is 4.03. The van der Waals surface area contributed by atoms with E-state index in [1.807, 2.05) is 7.05 Å². The maximum Gasteiger partial charge on any atom is 0.332 e. The van der Waals surface area contributed by atoms with Crippen molar-refractivity contribution < 1.29 is 39.9 Å². The van der Waals surface area contributed by atoms with Crippen molar-refractivity contribution in [1.29, 1.82) is 0 Å². The van der Waals surface area contributed by atoms with Crippen LogP contribution in [0.1, 0.15) is 90.9 Å². The molecule has 14 atom stereocenters. The lowest BCUT2D eigenvalue weighted by Gasteiger charge is -2.73. The van der Waals surface area contributed by atoms with Crippen LogP contribution in [0.15, 0.2) is 23.3 Å². The summed E-state index contributed by atoms with van der Waals surface area (Å²) in [4.78, 5) is 27.0. The Bertz CT molecular complexity index is 1450. The van der Waals surface area contributed by atoms with Crippen LogP contribution in [0.5, 0.6) is 0 Å². The van der Waals surface area contributed by atoms with Gasteiger partial charge in [-0.15, -0.1) is 0 Å². The van der Waals surface area contributed by atoms with Crippen LogP contribution in [0, 0.1) is 52.3 Å². The smallest absolute Gasteiger partial charge is 0.332 e. The number of fused-ring (bicyclic) bond motifs is 3. The summed E-state index contributed by atoms with van der Waals surface area (Å²) < 4.78 is 6.29. The largest absolute Gasteiger partial charge is 0.447 e. The number of aldehydes is 1. The van der Waals surface area contributed by atoms with Gasteiger partial charge in [0.2, 0.25) is 0 Å². The number of aliphatic hydroxyl groups excluding tert-OH is 2. The number of aliphatic hydroxyl groups is 5. The number of allylic oxidation sites excluding steroid dienone is 1. The van der Waals surface area contributed by atoms with Gasteiger partial charge in [0.05, 0.1) is 23.2 Å². The predicted molar refractivity (Wildman–Crippen MR) is 181 cm³/mol. The van der Waals surface area contributed by atoms with Gasteiger partial charge >= 0.3 is 5.97 Å². The first-order chi connectivity index (χ1) is 23.3. The number of esters is 1. The summed E-state index contributed by atoms with van der Waals surface area (Å²) >= 11 is 0. The molecule has 10 nitrogen and oxygen atoms in total. The molecule has 6 fully saturated rings. The van der Waals surface area contributed by atoms with Gasteiger partial charge < -0.3 is 45.7 Å². The summed E-state index contributed by atoms with van der Waals surface area (Å²) in [5.74, 6) is -2.91. The lowest BCUT2D eigenvalue weighted by atomic mass is 9.35. The Balaban J connectivity index is 1.30. The molecule has 0 aromatic rings. The van der Waals surface area contributed by atoms with E-state index >= 15 is 0 Å². The van der Waals surface area contributed by atoms with Crippen molar-refractivity contribution in [2.45, 2.75) is 126 Å². The topological polar surface area (TPSA) is 169 Å². The maximum absolute atomic E-state index is 13.8. The molecule has 1 spiro atoms. The minimum absolute atomic E-state index is 0.110. The zero-order valence-electron chi connectivity index (χ0n) is 29.5. The maximum atomic E-state index is 13.8. The Morgan fingerprint density at radius 1 is 0.980 bits per heavy atom. The fourth-order valence-electron chi connectivity index (χ4n) is 14.2. The molecule has 0 amide bonds. The highest BCUT2D eigenvalue weighted by atomic mass is 16.6. The highest BCUT2D eigenvalue weighted by Gasteiger charge is 2.85. The molecular weight excluding hydrogens is 624 g/mol. The van der Waals surface area contributed by atoms with Crippen molar-refractivity contribution in [3.05, 3.63) is 23.3 Å². The minimum Gasteiger partial charge on any atom is -0.447 e. The highest BCUT2D eigenvalue weighted by Crippen LogP contribution is 2.78. The van der Waals surface area contributed by atoms with Gasteiger partial charge in [0.1, 0.15) is 17.5 Å². The molecule has 7 aliphatic carbocycles. The van der Waals surface area contributed by atoms with Crippen LogP contribution < -0.4 is 10.6 Å². The molecule has 8 aliphatic rings. The first-order valence-corrected chi connectivity index (χ1v) is 19.3. The van der Waals surface area contributed by atoms with Crippen LogP contribution in [-0.2, 0) is 14.3 Å². The fourth-order valence-corrected chi connectivity index (χ4v) is 14.2. The second-order valence-electron chi connectivity index (χ2n) is 17.9. The van der Waals surface area contributed by atoms with Crippen molar-refractivity contribution in [1.82, 2.24) is 10.6 Å². The lowest BCUT2D eigenvalue weighted by Crippen LogP contribution is -2.85. The summed E-state index contributed by atoms with van der Waals surface area (Å²) in [6.45, 7) is 6.30. The van der Waals surface area contributed by atoms with Crippen LogP contribution in [0.2, 0.25) is 0 Å². The average Bonchev–Trinajstić information content (AvgIpc) is 3.44. The lowest BCUT2D eigenvalue weighted by molar-refractivity contribution is -0.375. The SMILES string of the molecule is CNCCNCC1=CC2CC3(O)C4(CCCCC15OC(=O)C=C5C24)CCC1C2(C=O)CCC(O)C4CCC(C(C)C)CC(C(O)C13O)C42O. The first-order valence-electron chi connectivity index (χ1n) is 19.3. The van der Waals surface area contributed by atoms with E-state index in [0.717, 1.165) is 49.8 Å². The van der Waals surface area contributed by atoms with E-state index in [9.17, 15) is 35.1 Å². The average molecular weight is 683 g/mol. The molecule has 7 N–H and O–H groups in total. The molecule has 272 valence electrons. The molecule has 10 heteroatoms. The van der Waals surface area contributed by atoms with Gasteiger partial charge in [0, 0.05) is 48.9 Å². The van der Waals surface area contributed by atoms with E-state index in [0.29, 0.717) is 51.5 Å². The summed E-state index contributed by atoms with van der Waals surface area (Å²) in [6.07, 6.45) is 8.45. The Labute approximate surface area is 290 Å². The molecule has 49 heavy (non-hydrogen) atoms. The molecule has 1 heterocycles. The summed E-state index contributed by atoms with van der Waals surface area (Å²) in [5.41, 5.74) is -6.92. The molecule has 6 saturated carbocycles. The van der Waals surface area contributed by atoms with E-state index in [4.69, 9.17) is 4.74 Å². The Kier molecular flexibility index (Phi) is 8.02. The normalized spacial score (nSPS) is 52.7. The van der Waals surface area contributed by atoms with Gasteiger partial charge in [-0.2, -0.15) is 0 Å². The molecule has 2 bridgehead atoms. The number of rotatable bonds is 7. The molecule has 0 aromatic carbocycles. The number of carbonyl (C=O) groups excluding carboxylic acids is 2. The zero-order valence-corrected chi connectivity index (χ0v) is 29.5. The van der Waals surface area contributed by atoms with Crippen LogP contribution in [0.4, 0.5) is 0 Å². The number of hydrogen-bond donors (Lipinski definition) is 7. The Hall–Kier alpha value is -1.66. The molecule has 0 radical (unpaired) electrons. The molecule has 0 aromatic heterocycles. The summed E-state index contributed by atoms with van der Waals surface area (Å²) in [6, 6.07) is 0. The Morgan fingerprint density at radius 2 is 1.76 bits per heavy atom. The van der Waals surface area contributed by atoms with Gasteiger partial charge in [-0.1, -0.05) is 26.3 Å². The standard InChI is InChI=1S/C39H58N2O8/c1-22(2)23-6-7-26-29(43)8-12-35(21-42)30-9-13-34-10-4-5-11-36-25(20-41-15-14-40-3)16-24(32(34)27(36)18-31(44)49-36)19-37(34,46)39(30,48)33(45)28(17-23)38(26,35)47/h16,18,21-24,26,28-30,32-33,40-41,43,45-48H,4-15,17,19-20H2,1-3H3. The van der Waals surface area contributed by atoms with Crippen molar-refractivity contribution >= 4 is 12.3 Å². The Morgan fingerprint density at radius 3 is 2.49 bits per heavy atom. The van der Waals surface area contributed by atoms with Crippen molar-refractivity contribution in [3.63, 3.8) is 0 Å². The second-order valence-corrected chi connectivity index (χ2v) is 17.9. The van der Waals surface area contributed by atoms with Crippen LogP contribution in [0.3, 0.4) is 0 Å². The van der Waals surface area contributed by atoms with E-state index < -0.39 is 63.2 Å². The number of carbonyl (C=O) groups is 2. The summed E-state index contributed by atoms with van der Waals surface area (Å²) in [5, 5.41) is 71.4. The number of likely N-dealkylation sites (N-methyl/N-ethyl adjacent to an activating group) is 1. The molecule has 0 saturated heterocycles. The van der Waals surface area contributed by atoms with E-state index in [1.54, 1.807) is 6.08 Å². The van der Waals surface area contributed by atoms with Gasteiger partial charge in [-0.3, -0.25) is 0 Å². The quantitative estimate of drug-likeness (QED) is 0.0915. The van der Waals surface area contributed by atoms with Gasteiger partial charge in [0.15, 0.2) is 5.60 Å². The van der Waals surface area contributed by atoms with Crippen molar-refractivity contribution in [2.24, 2.45) is 52.3 Å². The van der Waals surface area contributed by atoms with Crippen molar-refractivity contribution in [3.8, 4) is 0 Å². The molecule has 8 rings (SSSR count). The zero-order chi connectivity index (χ0) is 34.8. The van der Waals surface area contributed by atoms with Gasteiger partial charge in [-0.25, -0.2) is 4.79 Å². The van der Waals surface area contributed by atoms with Crippen LogP contribution in [0.25, 0.3) is 0 Å². The molecule has 1 aliphatic heterocycles. The van der Waals surface area contributed by atoms with Gasteiger partial charge in [0.25, 0.3) is 0 Å². The molecule has 14 unspecified atom stereocenters.